The molecule has 0 saturated carbocycles. The molecule has 0 saturated heterocycles. The summed E-state index contributed by atoms with van der Waals surface area (Å²) in [6.07, 6.45) is 1.08. The average molecular weight is 300 g/mol. The summed E-state index contributed by atoms with van der Waals surface area (Å²) in [5.74, 6) is -6.17. The lowest BCUT2D eigenvalue weighted by Gasteiger charge is -2.16. The summed E-state index contributed by atoms with van der Waals surface area (Å²) in [4.78, 5) is 7.59. The number of aromatic nitrogens is 2. The van der Waals surface area contributed by atoms with E-state index in [-0.39, 0.29) is 23.6 Å². The summed E-state index contributed by atoms with van der Waals surface area (Å²) in [6.45, 7) is 3.53. The van der Waals surface area contributed by atoms with Gasteiger partial charge in [-0.2, -0.15) is 0 Å². The molecule has 112 valence electrons. The highest BCUT2D eigenvalue weighted by Gasteiger charge is 2.22. The summed E-state index contributed by atoms with van der Waals surface area (Å²) in [5.41, 5.74) is 5.11. The van der Waals surface area contributed by atoms with Crippen molar-refractivity contribution in [1.82, 2.24) is 9.97 Å². The fraction of sp³-hybridized carbons (Fsp3) is 0.231. The van der Waals surface area contributed by atoms with E-state index in [0.717, 1.165) is 6.33 Å². The topological polar surface area (TPSA) is 63.8 Å². The molecule has 0 amide bonds. The maximum atomic E-state index is 13.6. The van der Waals surface area contributed by atoms with Crippen LogP contribution in [0.1, 0.15) is 25.3 Å². The Bertz CT molecular complexity index is 662. The lowest BCUT2D eigenvalue weighted by molar-refractivity contribution is 0.459. The van der Waals surface area contributed by atoms with Crippen LogP contribution in [0.25, 0.3) is 0 Å². The summed E-state index contributed by atoms with van der Waals surface area (Å²) >= 11 is 0. The molecule has 0 bridgehead atoms. The quantitative estimate of drug-likeness (QED) is 0.673. The van der Waals surface area contributed by atoms with E-state index in [1.165, 1.54) is 0 Å². The molecular weight excluding hydrogens is 288 g/mol. The normalized spacial score (nSPS) is 11.0. The number of hydrogen-bond acceptors (Lipinski definition) is 4. The van der Waals surface area contributed by atoms with Gasteiger partial charge in [0.25, 0.3) is 0 Å². The third-order valence-corrected chi connectivity index (χ3v) is 2.85. The summed E-state index contributed by atoms with van der Waals surface area (Å²) in [7, 11) is 0. The molecule has 0 aliphatic carbocycles. The first-order valence-electron chi connectivity index (χ1n) is 6.03. The van der Waals surface area contributed by atoms with Crippen molar-refractivity contribution in [3.63, 3.8) is 0 Å². The van der Waals surface area contributed by atoms with Crippen LogP contribution in [0, 0.1) is 23.3 Å². The highest BCUT2D eigenvalue weighted by atomic mass is 19.2. The van der Waals surface area contributed by atoms with Crippen LogP contribution in [0.15, 0.2) is 12.4 Å². The first kappa shape index (κ1) is 15.0. The van der Waals surface area contributed by atoms with E-state index in [4.69, 9.17) is 5.73 Å². The van der Waals surface area contributed by atoms with Gasteiger partial charge in [0.2, 0.25) is 0 Å². The molecule has 3 N–H and O–H groups in total. The number of nitrogens with one attached hydrogen (secondary N) is 1. The molecule has 1 aromatic carbocycles. The van der Waals surface area contributed by atoms with Gasteiger partial charge in [-0.3, -0.25) is 0 Å². The highest BCUT2D eigenvalue weighted by Crippen LogP contribution is 2.32. The van der Waals surface area contributed by atoms with E-state index in [1.807, 2.05) is 0 Å². The number of benzene rings is 1. The molecule has 21 heavy (non-hydrogen) atoms. The Kier molecular flexibility index (Phi) is 3.97. The summed E-state index contributed by atoms with van der Waals surface area (Å²) in [5, 5.41) is 2.25. The van der Waals surface area contributed by atoms with Crippen LogP contribution in [-0.2, 0) is 0 Å². The maximum Gasteiger partial charge on any atom is 0.185 e. The second-order valence-corrected chi connectivity index (χ2v) is 4.64. The first-order chi connectivity index (χ1) is 9.82. The van der Waals surface area contributed by atoms with Gasteiger partial charge < -0.3 is 11.1 Å². The van der Waals surface area contributed by atoms with Crippen molar-refractivity contribution in [2.45, 2.75) is 19.8 Å². The van der Waals surface area contributed by atoms with Crippen molar-refractivity contribution in [2.24, 2.45) is 0 Å². The second kappa shape index (κ2) is 5.55. The third kappa shape index (κ3) is 2.74. The van der Waals surface area contributed by atoms with Crippen LogP contribution in [0.4, 0.5) is 34.9 Å². The minimum atomic E-state index is -1.54. The lowest BCUT2D eigenvalue weighted by Crippen LogP contribution is -2.09. The Morgan fingerprint density at radius 1 is 1.05 bits per heavy atom. The lowest BCUT2D eigenvalue weighted by atomic mass is 10.0. The zero-order chi connectivity index (χ0) is 15.7. The van der Waals surface area contributed by atoms with Crippen LogP contribution in [0.3, 0.4) is 0 Å². The molecule has 0 aliphatic heterocycles. The molecule has 2 rings (SSSR count). The number of anilines is 3. The van der Waals surface area contributed by atoms with Gasteiger partial charge in [-0.1, -0.05) is 13.8 Å². The van der Waals surface area contributed by atoms with E-state index in [0.29, 0.717) is 5.56 Å². The van der Waals surface area contributed by atoms with Crippen LogP contribution in [0.5, 0.6) is 0 Å². The molecule has 0 aliphatic rings. The van der Waals surface area contributed by atoms with Crippen molar-refractivity contribution in [3.05, 3.63) is 41.2 Å². The van der Waals surface area contributed by atoms with Crippen LogP contribution >= 0.6 is 0 Å². The summed E-state index contributed by atoms with van der Waals surface area (Å²) in [6, 6.07) is 0.132. The fourth-order valence-electron chi connectivity index (χ4n) is 1.88. The van der Waals surface area contributed by atoms with Gasteiger partial charge in [-0.15, -0.1) is 0 Å². The van der Waals surface area contributed by atoms with Gasteiger partial charge >= 0.3 is 0 Å². The van der Waals surface area contributed by atoms with Gasteiger partial charge in [-0.05, 0) is 5.92 Å². The molecule has 2 aromatic rings. The number of nitrogen functional groups attached to an aromatic ring is 1. The molecular formula is C13H12F4N4. The SMILES string of the molecule is CC(C)c1c(N)ncnc1Nc1c(F)c(F)cc(F)c1F. The first-order valence-corrected chi connectivity index (χ1v) is 6.03. The Balaban J connectivity index is 2.56. The largest absolute Gasteiger partial charge is 0.383 e. The van der Waals surface area contributed by atoms with Crippen molar-refractivity contribution in [1.29, 1.82) is 0 Å². The maximum absolute atomic E-state index is 13.6. The van der Waals surface area contributed by atoms with E-state index in [9.17, 15) is 17.6 Å². The van der Waals surface area contributed by atoms with Crippen LogP contribution in [-0.4, -0.2) is 9.97 Å². The molecule has 8 heteroatoms. The van der Waals surface area contributed by atoms with Crippen molar-refractivity contribution in [3.8, 4) is 0 Å². The minimum Gasteiger partial charge on any atom is -0.383 e. The predicted octanol–water partition coefficient (Wildman–Crippen LogP) is 3.48. The van der Waals surface area contributed by atoms with Crippen molar-refractivity contribution < 1.29 is 17.6 Å². The van der Waals surface area contributed by atoms with Gasteiger partial charge in [0.05, 0.1) is 0 Å². The van der Waals surface area contributed by atoms with Gasteiger partial charge in [0, 0.05) is 11.6 Å². The van der Waals surface area contributed by atoms with Gasteiger partial charge in [0.15, 0.2) is 23.3 Å². The van der Waals surface area contributed by atoms with Gasteiger partial charge in [0.1, 0.15) is 23.7 Å². The van der Waals surface area contributed by atoms with E-state index >= 15 is 0 Å². The summed E-state index contributed by atoms with van der Waals surface area (Å²) < 4.78 is 53.6. The zero-order valence-electron chi connectivity index (χ0n) is 11.2. The monoisotopic (exact) mass is 300 g/mol. The Morgan fingerprint density at radius 2 is 1.62 bits per heavy atom. The van der Waals surface area contributed by atoms with Crippen LogP contribution in [0.2, 0.25) is 0 Å². The van der Waals surface area contributed by atoms with Gasteiger partial charge in [-0.25, -0.2) is 27.5 Å². The second-order valence-electron chi connectivity index (χ2n) is 4.64. The van der Waals surface area contributed by atoms with E-state index in [1.54, 1.807) is 13.8 Å². The standard InChI is InChI=1S/C13H12F4N4/c1-5(2)8-12(18)19-4-20-13(8)21-11-9(16)6(14)3-7(15)10(11)17/h3-5H,1-2H3,(H3,18,19,20,21). The molecule has 0 spiro atoms. The molecule has 0 radical (unpaired) electrons. The Morgan fingerprint density at radius 3 is 2.14 bits per heavy atom. The van der Waals surface area contributed by atoms with Crippen LogP contribution < -0.4 is 11.1 Å². The number of nitrogens with zero attached hydrogens (tertiary/aromatic N) is 2. The third-order valence-electron chi connectivity index (χ3n) is 2.85. The number of rotatable bonds is 3. The Labute approximate surface area is 118 Å². The number of nitrogens with two attached hydrogens (primary N) is 1. The molecule has 0 unspecified atom stereocenters. The molecule has 4 nitrogen and oxygen atoms in total. The molecule has 1 heterocycles. The smallest absolute Gasteiger partial charge is 0.185 e. The fourth-order valence-corrected chi connectivity index (χ4v) is 1.88. The minimum absolute atomic E-state index is 0.0136. The number of hydrogen-bond donors (Lipinski definition) is 2. The highest BCUT2D eigenvalue weighted by molar-refractivity contribution is 5.65. The molecule has 1 aromatic heterocycles. The molecule has 0 atom stereocenters. The van der Waals surface area contributed by atoms with Crippen molar-refractivity contribution >= 4 is 17.3 Å². The number of halogens is 4. The van der Waals surface area contributed by atoms with Crippen molar-refractivity contribution in [2.75, 3.05) is 11.1 Å². The van der Waals surface area contributed by atoms with E-state index < -0.39 is 29.0 Å². The van der Waals surface area contributed by atoms with E-state index in [2.05, 4.69) is 15.3 Å². The predicted molar refractivity (Wildman–Crippen MR) is 70.1 cm³/mol. The Hall–Kier alpha value is -2.38. The molecule has 0 fully saturated rings. The zero-order valence-corrected chi connectivity index (χ0v) is 11.2. The average Bonchev–Trinajstić information content (AvgIpc) is 2.41.